The number of aryl methyl sites for hydroxylation is 1. The Bertz CT molecular complexity index is 1240. The minimum atomic E-state index is -0.168. The van der Waals surface area contributed by atoms with Gasteiger partial charge in [-0.05, 0) is 72.8 Å². The summed E-state index contributed by atoms with van der Waals surface area (Å²) in [4.78, 5) is 18.7. The van der Waals surface area contributed by atoms with E-state index in [9.17, 15) is 4.79 Å². The first-order valence-electron chi connectivity index (χ1n) is 9.82. The largest absolute Gasteiger partial charge is 0.322 e. The van der Waals surface area contributed by atoms with Crippen LogP contribution in [0.2, 0.25) is 5.02 Å². The normalized spacial score (nSPS) is 10.7. The summed E-state index contributed by atoms with van der Waals surface area (Å²) in [5.74, 6) is -0.168. The van der Waals surface area contributed by atoms with Crippen LogP contribution in [0.1, 0.15) is 15.9 Å². The highest BCUT2D eigenvalue weighted by atomic mass is 35.5. The van der Waals surface area contributed by atoms with Crippen LogP contribution in [0.25, 0.3) is 22.4 Å². The molecular weight excluding hydrogens is 424 g/mol. The summed E-state index contributed by atoms with van der Waals surface area (Å²) in [5, 5.41) is 3.61. The van der Waals surface area contributed by atoms with Crippen molar-refractivity contribution in [1.82, 2.24) is 4.98 Å². The lowest BCUT2D eigenvalue weighted by molar-refractivity contribution is 0.102. The smallest absolute Gasteiger partial charge is 0.256 e. The average molecular weight is 445 g/mol. The van der Waals surface area contributed by atoms with Gasteiger partial charge in [0.2, 0.25) is 0 Å². The fraction of sp³-hybridized carbons (Fsp3) is 0.0769. The number of rotatable bonds is 5. The van der Waals surface area contributed by atoms with E-state index in [1.54, 1.807) is 30.1 Å². The molecule has 0 fully saturated rings. The van der Waals surface area contributed by atoms with Gasteiger partial charge < -0.3 is 5.32 Å². The second-order valence-corrected chi connectivity index (χ2v) is 8.43. The molecule has 1 heterocycles. The average Bonchev–Trinajstić information content (AvgIpc) is 2.80. The molecule has 154 valence electrons. The van der Waals surface area contributed by atoms with Crippen LogP contribution in [0, 0.1) is 6.92 Å². The molecule has 0 unspecified atom stereocenters. The van der Waals surface area contributed by atoms with Gasteiger partial charge in [0.05, 0.1) is 10.7 Å². The van der Waals surface area contributed by atoms with Gasteiger partial charge in [-0.15, -0.1) is 11.8 Å². The number of halogens is 1. The predicted octanol–water partition coefficient (Wildman–Crippen LogP) is 7.35. The molecule has 4 aromatic rings. The van der Waals surface area contributed by atoms with Gasteiger partial charge in [0, 0.05) is 27.9 Å². The summed E-state index contributed by atoms with van der Waals surface area (Å²) in [6, 6.07) is 25.2. The Morgan fingerprint density at radius 3 is 2.55 bits per heavy atom. The maximum atomic E-state index is 13.3. The maximum absolute atomic E-state index is 13.3. The Kier molecular flexibility index (Phi) is 6.40. The van der Waals surface area contributed by atoms with Crippen LogP contribution >= 0.6 is 23.4 Å². The van der Waals surface area contributed by atoms with Crippen molar-refractivity contribution < 1.29 is 4.79 Å². The van der Waals surface area contributed by atoms with Crippen LogP contribution < -0.4 is 5.32 Å². The van der Waals surface area contributed by atoms with E-state index in [1.165, 1.54) is 0 Å². The molecule has 0 bridgehead atoms. The van der Waals surface area contributed by atoms with Crippen molar-refractivity contribution in [3.05, 3.63) is 101 Å². The number of hydrogen-bond acceptors (Lipinski definition) is 3. The summed E-state index contributed by atoms with van der Waals surface area (Å²) in [6.07, 6.45) is 3.75. The molecule has 0 saturated heterocycles. The molecule has 0 aliphatic carbocycles. The number of hydrogen-bond donors (Lipinski definition) is 1. The fourth-order valence-corrected chi connectivity index (χ4v) is 4.07. The quantitative estimate of drug-likeness (QED) is 0.327. The summed E-state index contributed by atoms with van der Waals surface area (Å²) in [5.41, 5.74) is 5.90. The van der Waals surface area contributed by atoms with Crippen LogP contribution in [-0.4, -0.2) is 17.1 Å². The number of thioether (sulfide) groups is 1. The number of anilines is 1. The van der Waals surface area contributed by atoms with Gasteiger partial charge in [-0.1, -0.05) is 47.5 Å². The predicted molar refractivity (Wildman–Crippen MR) is 131 cm³/mol. The number of pyridine rings is 1. The molecule has 3 nitrogen and oxygen atoms in total. The lowest BCUT2D eigenvalue weighted by Crippen LogP contribution is -2.13. The third-order valence-electron chi connectivity index (χ3n) is 4.97. The zero-order valence-electron chi connectivity index (χ0n) is 17.2. The van der Waals surface area contributed by atoms with Crippen LogP contribution in [0.4, 0.5) is 5.69 Å². The van der Waals surface area contributed by atoms with E-state index in [-0.39, 0.29) is 5.91 Å². The van der Waals surface area contributed by atoms with Crippen LogP contribution in [0.15, 0.2) is 90.0 Å². The Morgan fingerprint density at radius 1 is 0.935 bits per heavy atom. The number of nitrogens with zero attached hydrogens (tertiary/aromatic N) is 1. The van der Waals surface area contributed by atoms with Crippen molar-refractivity contribution in [2.24, 2.45) is 0 Å². The number of benzene rings is 3. The summed E-state index contributed by atoms with van der Waals surface area (Å²) >= 11 is 8.04. The molecule has 0 spiro atoms. The maximum Gasteiger partial charge on any atom is 0.256 e. The molecule has 0 atom stereocenters. The van der Waals surface area contributed by atoms with Gasteiger partial charge in [0.25, 0.3) is 5.91 Å². The number of nitrogens with one attached hydrogen (secondary N) is 1. The molecule has 4 rings (SSSR count). The summed E-state index contributed by atoms with van der Waals surface area (Å²) < 4.78 is 0. The van der Waals surface area contributed by atoms with Gasteiger partial charge in [-0.2, -0.15) is 0 Å². The van der Waals surface area contributed by atoms with E-state index < -0.39 is 0 Å². The highest BCUT2D eigenvalue weighted by Gasteiger charge is 2.15. The topological polar surface area (TPSA) is 42.0 Å². The van der Waals surface area contributed by atoms with Crippen LogP contribution in [0.5, 0.6) is 0 Å². The van der Waals surface area contributed by atoms with Crippen molar-refractivity contribution in [3.63, 3.8) is 0 Å². The van der Waals surface area contributed by atoms with E-state index in [1.807, 2.05) is 54.8 Å². The van der Waals surface area contributed by atoms with E-state index in [2.05, 4.69) is 35.4 Å². The Hall–Kier alpha value is -3.08. The summed E-state index contributed by atoms with van der Waals surface area (Å²) in [6.45, 7) is 2.05. The van der Waals surface area contributed by atoms with Crippen molar-refractivity contribution in [2.75, 3.05) is 11.6 Å². The van der Waals surface area contributed by atoms with Crippen LogP contribution in [-0.2, 0) is 0 Å². The Morgan fingerprint density at radius 2 is 1.81 bits per heavy atom. The zero-order valence-corrected chi connectivity index (χ0v) is 18.8. The first-order chi connectivity index (χ1) is 15.0. The van der Waals surface area contributed by atoms with Gasteiger partial charge in [0.15, 0.2) is 0 Å². The Labute approximate surface area is 191 Å². The highest BCUT2D eigenvalue weighted by molar-refractivity contribution is 7.98. The van der Waals surface area contributed by atoms with Crippen LogP contribution in [0.3, 0.4) is 0 Å². The fourth-order valence-electron chi connectivity index (χ4n) is 3.42. The number of aromatic nitrogens is 1. The standard InChI is InChI=1S/C26H21ClN2OS/c1-17-6-5-7-18(14-17)22-16-20(31-2)10-11-21(22)26(30)29-19-9-12-24(27)23(15-19)25-8-3-4-13-28-25/h3-16H,1-2H3,(H,29,30). The van der Waals surface area contributed by atoms with E-state index in [0.29, 0.717) is 16.3 Å². The monoisotopic (exact) mass is 444 g/mol. The molecule has 5 heteroatoms. The molecule has 0 radical (unpaired) electrons. The van der Waals surface area contributed by atoms with E-state index in [0.717, 1.165) is 32.8 Å². The lowest BCUT2D eigenvalue weighted by Gasteiger charge is -2.14. The Balaban J connectivity index is 1.70. The SMILES string of the molecule is CSc1ccc(C(=O)Nc2ccc(Cl)c(-c3ccccn3)c2)c(-c2cccc(C)c2)c1. The molecule has 3 aromatic carbocycles. The van der Waals surface area contributed by atoms with Crippen molar-refractivity contribution in [3.8, 4) is 22.4 Å². The lowest BCUT2D eigenvalue weighted by atomic mass is 9.97. The molecular formula is C26H21ClN2OS. The minimum absolute atomic E-state index is 0.168. The molecule has 0 aliphatic heterocycles. The number of carbonyl (C=O) groups excluding carboxylic acids is 1. The van der Waals surface area contributed by atoms with Crippen molar-refractivity contribution >= 4 is 35.0 Å². The third-order valence-corrected chi connectivity index (χ3v) is 6.02. The van der Waals surface area contributed by atoms with Gasteiger partial charge in [-0.3, -0.25) is 9.78 Å². The first kappa shape index (κ1) is 21.2. The molecule has 0 saturated carbocycles. The van der Waals surface area contributed by atoms with Crippen molar-refractivity contribution in [2.45, 2.75) is 11.8 Å². The highest BCUT2D eigenvalue weighted by Crippen LogP contribution is 2.32. The van der Waals surface area contributed by atoms with E-state index >= 15 is 0 Å². The summed E-state index contributed by atoms with van der Waals surface area (Å²) in [7, 11) is 0. The van der Waals surface area contributed by atoms with Gasteiger partial charge >= 0.3 is 0 Å². The van der Waals surface area contributed by atoms with Gasteiger partial charge in [0.1, 0.15) is 0 Å². The minimum Gasteiger partial charge on any atom is -0.322 e. The second-order valence-electron chi connectivity index (χ2n) is 7.14. The van der Waals surface area contributed by atoms with Gasteiger partial charge in [-0.25, -0.2) is 0 Å². The number of carbonyl (C=O) groups is 1. The number of amides is 1. The molecule has 1 amide bonds. The zero-order chi connectivity index (χ0) is 21.8. The molecule has 0 aliphatic rings. The molecule has 1 aromatic heterocycles. The first-order valence-corrected chi connectivity index (χ1v) is 11.4. The van der Waals surface area contributed by atoms with E-state index in [4.69, 9.17) is 11.6 Å². The third kappa shape index (κ3) is 4.82. The molecule has 31 heavy (non-hydrogen) atoms. The second kappa shape index (κ2) is 9.38. The van der Waals surface area contributed by atoms with Crippen molar-refractivity contribution in [1.29, 1.82) is 0 Å². The molecule has 1 N–H and O–H groups in total.